The van der Waals surface area contributed by atoms with Crippen molar-refractivity contribution < 1.29 is 4.84 Å². The van der Waals surface area contributed by atoms with Crippen molar-refractivity contribution in [2.24, 2.45) is 5.16 Å². The van der Waals surface area contributed by atoms with E-state index in [1.807, 2.05) is 48.5 Å². The van der Waals surface area contributed by atoms with Crippen molar-refractivity contribution in [1.82, 2.24) is 0 Å². The van der Waals surface area contributed by atoms with Crippen LogP contribution in [0.4, 0.5) is 0 Å². The molecule has 2 rings (SSSR count). The third kappa shape index (κ3) is 3.81. The lowest BCUT2D eigenvalue weighted by molar-refractivity contribution is 0.132. The molecular weight excluding hydrogens is 234 g/mol. The second-order valence-corrected chi connectivity index (χ2v) is 4.31. The van der Waals surface area contributed by atoms with E-state index in [4.69, 9.17) is 4.84 Å². The molecule has 0 fully saturated rings. The SMILES string of the molecule is C=Cc1cccc(CON=Cc2ccccc2C)c1. The van der Waals surface area contributed by atoms with Gasteiger partial charge in [0.05, 0.1) is 6.21 Å². The summed E-state index contributed by atoms with van der Waals surface area (Å²) in [7, 11) is 0. The molecule has 0 aromatic heterocycles. The Morgan fingerprint density at radius 1 is 1.16 bits per heavy atom. The summed E-state index contributed by atoms with van der Waals surface area (Å²) < 4.78 is 0. The number of hydrogen-bond donors (Lipinski definition) is 0. The monoisotopic (exact) mass is 251 g/mol. The fraction of sp³-hybridized carbons (Fsp3) is 0.118. The minimum Gasteiger partial charge on any atom is -0.391 e. The number of nitrogens with zero attached hydrogens (tertiary/aromatic N) is 1. The molecule has 2 aromatic carbocycles. The Morgan fingerprint density at radius 3 is 2.79 bits per heavy atom. The van der Waals surface area contributed by atoms with Crippen LogP contribution in [0.2, 0.25) is 0 Å². The zero-order valence-corrected chi connectivity index (χ0v) is 11.0. The van der Waals surface area contributed by atoms with Crippen LogP contribution in [0.3, 0.4) is 0 Å². The first kappa shape index (κ1) is 13.1. The summed E-state index contributed by atoms with van der Waals surface area (Å²) in [5.74, 6) is 0. The van der Waals surface area contributed by atoms with Gasteiger partial charge in [-0.25, -0.2) is 0 Å². The summed E-state index contributed by atoms with van der Waals surface area (Å²) >= 11 is 0. The minimum absolute atomic E-state index is 0.462. The van der Waals surface area contributed by atoms with Crippen molar-refractivity contribution in [3.8, 4) is 0 Å². The molecule has 0 aliphatic rings. The largest absolute Gasteiger partial charge is 0.391 e. The van der Waals surface area contributed by atoms with Crippen molar-refractivity contribution in [3.63, 3.8) is 0 Å². The smallest absolute Gasteiger partial charge is 0.142 e. The van der Waals surface area contributed by atoms with E-state index in [-0.39, 0.29) is 0 Å². The fourth-order valence-corrected chi connectivity index (χ4v) is 1.75. The molecule has 96 valence electrons. The van der Waals surface area contributed by atoms with Crippen molar-refractivity contribution >= 4 is 12.3 Å². The summed E-state index contributed by atoms with van der Waals surface area (Å²) in [5, 5.41) is 4.00. The van der Waals surface area contributed by atoms with Crippen LogP contribution in [0.25, 0.3) is 6.08 Å². The zero-order valence-electron chi connectivity index (χ0n) is 11.0. The predicted molar refractivity (Wildman–Crippen MR) is 80.1 cm³/mol. The predicted octanol–water partition coefficient (Wildman–Crippen LogP) is 4.19. The van der Waals surface area contributed by atoms with Gasteiger partial charge in [0.25, 0.3) is 0 Å². The van der Waals surface area contributed by atoms with Crippen molar-refractivity contribution in [1.29, 1.82) is 0 Å². The van der Waals surface area contributed by atoms with Crippen molar-refractivity contribution in [2.45, 2.75) is 13.5 Å². The molecule has 2 nitrogen and oxygen atoms in total. The molecule has 2 aromatic rings. The van der Waals surface area contributed by atoms with Crippen LogP contribution >= 0.6 is 0 Å². The van der Waals surface area contributed by atoms with E-state index in [0.717, 1.165) is 16.7 Å². The summed E-state index contributed by atoms with van der Waals surface area (Å²) in [6.07, 6.45) is 3.56. The van der Waals surface area contributed by atoms with Gasteiger partial charge in [-0.3, -0.25) is 0 Å². The van der Waals surface area contributed by atoms with Gasteiger partial charge in [0.15, 0.2) is 0 Å². The Labute approximate surface area is 114 Å². The van der Waals surface area contributed by atoms with Gasteiger partial charge in [0.2, 0.25) is 0 Å². The molecule has 0 amide bonds. The first-order chi connectivity index (χ1) is 9.29. The molecule has 0 aliphatic heterocycles. The van der Waals surface area contributed by atoms with Crippen LogP contribution in [0.1, 0.15) is 22.3 Å². The van der Waals surface area contributed by atoms with Gasteiger partial charge in [-0.05, 0) is 35.2 Å². The number of benzene rings is 2. The van der Waals surface area contributed by atoms with Crippen LogP contribution in [0.15, 0.2) is 60.3 Å². The van der Waals surface area contributed by atoms with Gasteiger partial charge in [0, 0.05) is 0 Å². The lowest BCUT2D eigenvalue weighted by atomic mass is 10.1. The average molecular weight is 251 g/mol. The molecule has 0 atom stereocenters. The van der Waals surface area contributed by atoms with E-state index in [1.54, 1.807) is 6.21 Å². The first-order valence-electron chi connectivity index (χ1n) is 6.22. The molecular formula is C17H17NO. The Hall–Kier alpha value is -2.35. The standard InChI is InChI=1S/C17H17NO/c1-3-15-8-6-9-16(11-15)13-19-18-12-17-10-5-4-7-14(17)2/h3-12H,1,13H2,2H3. The maximum Gasteiger partial charge on any atom is 0.142 e. The molecule has 0 N–H and O–H groups in total. The molecule has 0 saturated heterocycles. The van der Waals surface area contributed by atoms with E-state index in [9.17, 15) is 0 Å². The molecule has 0 heterocycles. The number of aryl methyl sites for hydroxylation is 1. The lowest BCUT2D eigenvalue weighted by Gasteiger charge is -2.02. The zero-order chi connectivity index (χ0) is 13.5. The van der Waals surface area contributed by atoms with Crippen LogP contribution in [0, 0.1) is 6.92 Å². The number of oxime groups is 1. The quantitative estimate of drug-likeness (QED) is 0.577. The molecule has 19 heavy (non-hydrogen) atoms. The Balaban J connectivity index is 1.93. The van der Waals surface area contributed by atoms with E-state index >= 15 is 0 Å². The summed E-state index contributed by atoms with van der Waals surface area (Å²) in [6.45, 7) is 6.26. The Bertz CT molecular complexity index is 587. The van der Waals surface area contributed by atoms with Crippen LogP contribution in [-0.4, -0.2) is 6.21 Å². The summed E-state index contributed by atoms with van der Waals surface area (Å²) in [6, 6.07) is 16.1. The second-order valence-electron chi connectivity index (χ2n) is 4.31. The van der Waals surface area contributed by atoms with Gasteiger partial charge < -0.3 is 4.84 Å². The number of hydrogen-bond acceptors (Lipinski definition) is 2. The molecule has 0 saturated carbocycles. The highest BCUT2D eigenvalue weighted by Gasteiger charge is 1.94. The van der Waals surface area contributed by atoms with Gasteiger partial charge in [-0.2, -0.15) is 0 Å². The van der Waals surface area contributed by atoms with Gasteiger partial charge in [-0.1, -0.05) is 60.3 Å². The van der Waals surface area contributed by atoms with Crippen LogP contribution in [-0.2, 0) is 11.4 Å². The first-order valence-corrected chi connectivity index (χ1v) is 6.22. The molecule has 0 bridgehead atoms. The molecule has 2 heteroatoms. The minimum atomic E-state index is 0.462. The van der Waals surface area contributed by atoms with E-state index in [2.05, 4.69) is 24.7 Å². The average Bonchev–Trinajstić information content (AvgIpc) is 2.45. The fourth-order valence-electron chi connectivity index (χ4n) is 1.75. The van der Waals surface area contributed by atoms with E-state index < -0.39 is 0 Å². The normalized spacial score (nSPS) is 10.6. The maximum atomic E-state index is 5.31. The second kappa shape index (κ2) is 6.55. The van der Waals surface area contributed by atoms with Crippen molar-refractivity contribution in [3.05, 3.63) is 77.4 Å². The summed E-state index contributed by atoms with van der Waals surface area (Å²) in [4.78, 5) is 5.31. The highest BCUT2D eigenvalue weighted by atomic mass is 16.6. The molecule has 0 aliphatic carbocycles. The highest BCUT2D eigenvalue weighted by Crippen LogP contribution is 2.08. The molecule has 0 unspecified atom stereocenters. The van der Waals surface area contributed by atoms with E-state index in [0.29, 0.717) is 6.61 Å². The Kier molecular flexibility index (Phi) is 4.51. The van der Waals surface area contributed by atoms with Crippen LogP contribution in [0.5, 0.6) is 0 Å². The topological polar surface area (TPSA) is 21.6 Å². The van der Waals surface area contributed by atoms with Gasteiger partial charge in [-0.15, -0.1) is 0 Å². The van der Waals surface area contributed by atoms with Crippen molar-refractivity contribution in [2.75, 3.05) is 0 Å². The van der Waals surface area contributed by atoms with E-state index in [1.165, 1.54) is 5.56 Å². The Morgan fingerprint density at radius 2 is 2.00 bits per heavy atom. The molecule has 0 radical (unpaired) electrons. The van der Waals surface area contributed by atoms with Gasteiger partial charge in [0.1, 0.15) is 6.61 Å². The van der Waals surface area contributed by atoms with Crippen LogP contribution < -0.4 is 0 Å². The highest BCUT2D eigenvalue weighted by molar-refractivity contribution is 5.81. The van der Waals surface area contributed by atoms with Gasteiger partial charge >= 0.3 is 0 Å². The molecule has 0 spiro atoms. The lowest BCUT2D eigenvalue weighted by Crippen LogP contribution is -1.90. The third-order valence-corrected chi connectivity index (χ3v) is 2.87. The maximum absolute atomic E-state index is 5.31. The summed E-state index contributed by atoms with van der Waals surface area (Å²) in [5.41, 5.74) is 4.43. The number of rotatable bonds is 5. The third-order valence-electron chi connectivity index (χ3n) is 2.87.